The number of likely N-dealkylation sites (tertiary alicyclic amines) is 1. The van der Waals surface area contributed by atoms with Gasteiger partial charge in [-0.05, 0) is 43.0 Å². The summed E-state index contributed by atoms with van der Waals surface area (Å²) in [6.45, 7) is 5.31. The Labute approximate surface area is 124 Å². The molecule has 1 heterocycles. The predicted octanol–water partition coefficient (Wildman–Crippen LogP) is 3.43. The topological polar surface area (TPSA) is 29.3 Å². The molecule has 2 N–H and O–H groups in total. The van der Waals surface area contributed by atoms with E-state index >= 15 is 0 Å². The molecule has 2 rings (SSSR count). The molecule has 1 aliphatic heterocycles. The zero-order chi connectivity index (χ0) is 12.3. The van der Waals surface area contributed by atoms with Crippen LogP contribution in [0.2, 0.25) is 0 Å². The standard InChI is InChI=1S/C14H21BrN2.ClH/c1-11-5-6-17(14(7-11)9-16)10-12-3-2-4-13(15)8-12;/h2-4,8,11,14H,5-7,9-10,16H2,1H3;1H. The largest absolute Gasteiger partial charge is 0.329 e. The number of hydrogen-bond acceptors (Lipinski definition) is 2. The van der Waals surface area contributed by atoms with Gasteiger partial charge in [0.15, 0.2) is 0 Å². The first-order valence-electron chi connectivity index (χ1n) is 6.37. The lowest BCUT2D eigenvalue weighted by Crippen LogP contribution is -2.45. The minimum absolute atomic E-state index is 0. The van der Waals surface area contributed by atoms with Crippen molar-refractivity contribution in [1.82, 2.24) is 4.90 Å². The summed E-state index contributed by atoms with van der Waals surface area (Å²) >= 11 is 3.53. The van der Waals surface area contributed by atoms with Crippen molar-refractivity contribution in [3.8, 4) is 0 Å². The average Bonchev–Trinajstić information content (AvgIpc) is 2.31. The molecule has 2 unspecified atom stereocenters. The fourth-order valence-electron chi connectivity index (χ4n) is 2.62. The maximum absolute atomic E-state index is 5.89. The molecule has 0 spiro atoms. The van der Waals surface area contributed by atoms with Gasteiger partial charge in [-0.3, -0.25) is 4.90 Å². The molecule has 2 atom stereocenters. The van der Waals surface area contributed by atoms with Crippen molar-refractivity contribution in [3.05, 3.63) is 34.3 Å². The first kappa shape index (κ1) is 16.0. The summed E-state index contributed by atoms with van der Waals surface area (Å²) in [7, 11) is 0. The van der Waals surface area contributed by atoms with Gasteiger partial charge in [-0.1, -0.05) is 35.0 Å². The molecule has 2 nitrogen and oxygen atoms in total. The van der Waals surface area contributed by atoms with Crippen molar-refractivity contribution < 1.29 is 0 Å². The zero-order valence-electron chi connectivity index (χ0n) is 10.8. The minimum Gasteiger partial charge on any atom is -0.329 e. The van der Waals surface area contributed by atoms with Gasteiger partial charge >= 0.3 is 0 Å². The van der Waals surface area contributed by atoms with E-state index in [1.165, 1.54) is 24.9 Å². The van der Waals surface area contributed by atoms with Crippen LogP contribution in [-0.2, 0) is 6.54 Å². The molecule has 1 fully saturated rings. The zero-order valence-corrected chi connectivity index (χ0v) is 13.2. The Bertz CT molecular complexity index is 373. The number of rotatable bonds is 3. The molecule has 1 saturated heterocycles. The monoisotopic (exact) mass is 332 g/mol. The summed E-state index contributed by atoms with van der Waals surface area (Å²) < 4.78 is 1.16. The highest BCUT2D eigenvalue weighted by molar-refractivity contribution is 9.10. The quantitative estimate of drug-likeness (QED) is 0.918. The fraction of sp³-hybridized carbons (Fsp3) is 0.571. The van der Waals surface area contributed by atoms with Gasteiger partial charge in [0.25, 0.3) is 0 Å². The summed E-state index contributed by atoms with van der Waals surface area (Å²) in [4.78, 5) is 2.53. The van der Waals surface area contributed by atoms with E-state index in [4.69, 9.17) is 5.73 Å². The second-order valence-electron chi connectivity index (χ2n) is 5.12. The van der Waals surface area contributed by atoms with Crippen LogP contribution in [-0.4, -0.2) is 24.0 Å². The van der Waals surface area contributed by atoms with Crippen LogP contribution >= 0.6 is 28.3 Å². The van der Waals surface area contributed by atoms with Crippen LogP contribution in [0.3, 0.4) is 0 Å². The van der Waals surface area contributed by atoms with Gasteiger partial charge in [0, 0.05) is 23.6 Å². The van der Waals surface area contributed by atoms with Gasteiger partial charge in [0.1, 0.15) is 0 Å². The second-order valence-corrected chi connectivity index (χ2v) is 6.04. The Kier molecular flexibility index (Phi) is 6.64. The van der Waals surface area contributed by atoms with Crippen LogP contribution in [0.5, 0.6) is 0 Å². The summed E-state index contributed by atoms with van der Waals surface area (Å²) in [5.41, 5.74) is 7.26. The lowest BCUT2D eigenvalue weighted by molar-refractivity contribution is 0.115. The molecule has 1 aromatic carbocycles. The molecule has 0 aromatic heterocycles. The normalized spacial score (nSPS) is 24.6. The van der Waals surface area contributed by atoms with E-state index in [-0.39, 0.29) is 12.4 Å². The minimum atomic E-state index is 0. The third-order valence-corrected chi connectivity index (χ3v) is 4.14. The predicted molar refractivity (Wildman–Crippen MR) is 83.0 cm³/mol. The Morgan fingerprint density at radius 3 is 2.89 bits per heavy atom. The van der Waals surface area contributed by atoms with E-state index in [0.717, 1.165) is 23.5 Å². The van der Waals surface area contributed by atoms with Gasteiger partial charge in [-0.15, -0.1) is 12.4 Å². The maximum Gasteiger partial charge on any atom is 0.0237 e. The highest BCUT2D eigenvalue weighted by Gasteiger charge is 2.24. The van der Waals surface area contributed by atoms with Crippen molar-refractivity contribution in [2.75, 3.05) is 13.1 Å². The molecule has 0 amide bonds. The van der Waals surface area contributed by atoms with Crippen LogP contribution in [0.4, 0.5) is 0 Å². The number of piperidine rings is 1. The smallest absolute Gasteiger partial charge is 0.0237 e. The van der Waals surface area contributed by atoms with E-state index in [1.54, 1.807) is 0 Å². The molecule has 102 valence electrons. The van der Waals surface area contributed by atoms with Crippen LogP contribution in [0, 0.1) is 5.92 Å². The lowest BCUT2D eigenvalue weighted by atomic mass is 9.92. The van der Waals surface area contributed by atoms with Crippen molar-refractivity contribution in [2.45, 2.75) is 32.4 Å². The van der Waals surface area contributed by atoms with Crippen molar-refractivity contribution in [1.29, 1.82) is 0 Å². The Morgan fingerprint density at radius 1 is 1.44 bits per heavy atom. The molecular formula is C14H22BrClN2. The third kappa shape index (κ3) is 4.23. The van der Waals surface area contributed by atoms with Crippen molar-refractivity contribution >= 4 is 28.3 Å². The van der Waals surface area contributed by atoms with E-state index in [1.807, 2.05) is 0 Å². The van der Waals surface area contributed by atoms with E-state index in [9.17, 15) is 0 Å². The number of nitrogens with zero attached hydrogens (tertiary/aromatic N) is 1. The van der Waals surface area contributed by atoms with Gasteiger partial charge in [-0.2, -0.15) is 0 Å². The lowest BCUT2D eigenvalue weighted by Gasteiger charge is -2.38. The van der Waals surface area contributed by atoms with E-state index in [2.05, 4.69) is 52.0 Å². The molecule has 1 aliphatic rings. The van der Waals surface area contributed by atoms with Crippen LogP contribution < -0.4 is 5.73 Å². The van der Waals surface area contributed by atoms with Gasteiger partial charge < -0.3 is 5.73 Å². The van der Waals surface area contributed by atoms with E-state index in [0.29, 0.717) is 6.04 Å². The molecule has 0 bridgehead atoms. The highest BCUT2D eigenvalue weighted by Crippen LogP contribution is 2.24. The van der Waals surface area contributed by atoms with Crippen LogP contribution in [0.25, 0.3) is 0 Å². The summed E-state index contributed by atoms with van der Waals surface area (Å²) in [5.74, 6) is 0.822. The van der Waals surface area contributed by atoms with Gasteiger partial charge in [-0.25, -0.2) is 0 Å². The number of halogens is 2. The molecule has 0 radical (unpaired) electrons. The Morgan fingerprint density at radius 2 is 2.22 bits per heavy atom. The van der Waals surface area contributed by atoms with Crippen LogP contribution in [0.15, 0.2) is 28.7 Å². The van der Waals surface area contributed by atoms with Crippen molar-refractivity contribution in [3.63, 3.8) is 0 Å². The first-order chi connectivity index (χ1) is 8.19. The number of hydrogen-bond donors (Lipinski definition) is 1. The molecular weight excluding hydrogens is 312 g/mol. The molecule has 18 heavy (non-hydrogen) atoms. The van der Waals surface area contributed by atoms with Gasteiger partial charge in [0.05, 0.1) is 0 Å². The molecule has 0 aliphatic carbocycles. The Balaban J connectivity index is 0.00000162. The average molecular weight is 334 g/mol. The summed E-state index contributed by atoms with van der Waals surface area (Å²) in [6, 6.07) is 9.12. The van der Waals surface area contributed by atoms with Crippen LogP contribution in [0.1, 0.15) is 25.3 Å². The first-order valence-corrected chi connectivity index (χ1v) is 7.17. The molecule has 0 saturated carbocycles. The highest BCUT2D eigenvalue weighted by atomic mass is 79.9. The number of benzene rings is 1. The maximum atomic E-state index is 5.89. The summed E-state index contributed by atoms with van der Waals surface area (Å²) in [6.07, 6.45) is 2.54. The summed E-state index contributed by atoms with van der Waals surface area (Å²) in [5, 5.41) is 0. The molecule has 4 heteroatoms. The SMILES string of the molecule is CC1CCN(Cc2cccc(Br)c2)C(CN)C1.Cl. The Hall–Kier alpha value is -0.0900. The van der Waals surface area contributed by atoms with E-state index < -0.39 is 0 Å². The van der Waals surface area contributed by atoms with Gasteiger partial charge in [0.2, 0.25) is 0 Å². The fourth-order valence-corrected chi connectivity index (χ4v) is 3.07. The third-order valence-electron chi connectivity index (χ3n) is 3.65. The number of nitrogens with two attached hydrogens (primary N) is 1. The second kappa shape index (κ2) is 7.49. The van der Waals surface area contributed by atoms with Crippen molar-refractivity contribution in [2.24, 2.45) is 11.7 Å². The molecule has 1 aromatic rings.